The van der Waals surface area contributed by atoms with Crippen molar-refractivity contribution in [2.45, 2.75) is 0 Å². The van der Waals surface area contributed by atoms with Gasteiger partial charge in [0.05, 0.1) is 12.8 Å². The number of hydrogen-bond donors (Lipinski definition) is 3. The Morgan fingerprint density at radius 2 is 1.81 bits per heavy atom. The monoisotopic (exact) mass is 293 g/mol. The predicted octanol–water partition coefficient (Wildman–Crippen LogP) is 3.20. The number of carbonyl (C=O) groups is 1. The van der Waals surface area contributed by atoms with Gasteiger partial charge in [-0.1, -0.05) is 0 Å². The van der Waals surface area contributed by atoms with E-state index in [9.17, 15) is 13.6 Å². The smallest absolute Gasteiger partial charge is 0.323 e. The molecule has 0 spiro atoms. The van der Waals surface area contributed by atoms with E-state index < -0.39 is 17.7 Å². The Labute approximate surface area is 119 Å². The minimum atomic E-state index is -0.947. The van der Waals surface area contributed by atoms with E-state index in [-0.39, 0.29) is 11.4 Å². The van der Waals surface area contributed by atoms with Gasteiger partial charge in [-0.2, -0.15) is 0 Å². The molecular formula is C14H13F2N3O2. The molecule has 0 aromatic heterocycles. The second kappa shape index (κ2) is 6.08. The number of amides is 2. The van der Waals surface area contributed by atoms with Crippen molar-refractivity contribution in [3.05, 3.63) is 48.0 Å². The van der Waals surface area contributed by atoms with Crippen molar-refractivity contribution < 1.29 is 18.3 Å². The molecule has 0 aliphatic rings. The molecule has 21 heavy (non-hydrogen) atoms. The van der Waals surface area contributed by atoms with Crippen LogP contribution in [0.4, 0.5) is 30.6 Å². The summed E-state index contributed by atoms with van der Waals surface area (Å²) in [5.74, 6) is -1.13. The van der Waals surface area contributed by atoms with Gasteiger partial charge in [-0.3, -0.25) is 0 Å². The summed E-state index contributed by atoms with van der Waals surface area (Å²) in [4.78, 5) is 11.8. The van der Waals surface area contributed by atoms with E-state index in [1.807, 2.05) is 0 Å². The first-order valence-corrected chi connectivity index (χ1v) is 5.96. The average molecular weight is 293 g/mol. The Bertz CT molecular complexity index is 637. The summed E-state index contributed by atoms with van der Waals surface area (Å²) in [6.45, 7) is 0. The van der Waals surface area contributed by atoms with Crippen LogP contribution >= 0.6 is 0 Å². The zero-order valence-corrected chi connectivity index (χ0v) is 11.1. The van der Waals surface area contributed by atoms with Crippen LogP contribution in [0.2, 0.25) is 0 Å². The van der Waals surface area contributed by atoms with E-state index in [1.54, 1.807) is 24.3 Å². The van der Waals surface area contributed by atoms with Crippen molar-refractivity contribution in [2.75, 3.05) is 23.5 Å². The van der Waals surface area contributed by atoms with Gasteiger partial charge in [0, 0.05) is 11.8 Å². The number of rotatable bonds is 3. The highest BCUT2D eigenvalue weighted by Crippen LogP contribution is 2.24. The molecule has 4 N–H and O–H groups in total. The summed E-state index contributed by atoms with van der Waals surface area (Å²) in [6.07, 6.45) is 0. The van der Waals surface area contributed by atoms with Gasteiger partial charge in [-0.15, -0.1) is 0 Å². The van der Waals surface area contributed by atoms with Crippen molar-refractivity contribution in [3.8, 4) is 5.75 Å². The topological polar surface area (TPSA) is 76.4 Å². The first-order valence-electron chi connectivity index (χ1n) is 5.96. The fraction of sp³-hybridized carbons (Fsp3) is 0.0714. The third kappa shape index (κ3) is 3.59. The lowest BCUT2D eigenvalue weighted by Gasteiger charge is -2.11. The van der Waals surface area contributed by atoms with Gasteiger partial charge in [0.2, 0.25) is 0 Å². The lowest BCUT2D eigenvalue weighted by molar-refractivity contribution is 0.262. The average Bonchev–Trinajstić information content (AvgIpc) is 2.43. The molecular weight excluding hydrogens is 280 g/mol. The number of urea groups is 1. The van der Waals surface area contributed by atoms with Gasteiger partial charge in [0.15, 0.2) is 5.82 Å². The number of carbonyl (C=O) groups excluding carboxylic acids is 1. The van der Waals surface area contributed by atoms with E-state index in [0.29, 0.717) is 17.5 Å². The predicted molar refractivity (Wildman–Crippen MR) is 76.4 cm³/mol. The van der Waals surface area contributed by atoms with Crippen molar-refractivity contribution in [2.24, 2.45) is 0 Å². The maximum Gasteiger partial charge on any atom is 0.323 e. The highest BCUT2D eigenvalue weighted by molar-refractivity contribution is 6.01. The Kier molecular flexibility index (Phi) is 4.22. The van der Waals surface area contributed by atoms with Crippen LogP contribution in [-0.2, 0) is 0 Å². The normalized spacial score (nSPS) is 10.0. The number of ether oxygens (including phenoxy) is 1. The van der Waals surface area contributed by atoms with Crippen LogP contribution in [0, 0.1) is 11.6 Å². The highest BCUT2D eigenvalue weighted by Gasteiger charge is 2.12. The Hall–Kier alpha value is -2.83. The van der Waals surface area contributed by atoms with Crippen LogP contribution < -0.4 is 21.1 Å². The number of methoxy groups -OCH3 is 1. The van der Waals surface area contributed by atoms with Gasteiger partial charge in [0.1, 0.15) is 17.3 Å². The minimum Gasteiger partial charge on any atom is -0.497 e. The third-order valence-corrected chi connectivity index (χ3v) is 2.67. The summed E-state index contributed by atoms with van der Waals surface area (Å²) in [5.41, 5.74) is 5.47. The van der Waals surface area contributed by atoms with Crippen LogP contribution in [0.3, 0.4) is 0 Å². The molecule has 0 fully saturated rings. The quantitative estimate of drug-likeness (QED) is 0.761. The van der Waals surface area contributed by atoms with Crippen LogP contribution in [-0.4, -0.2) is 13.1 Å². The summed E-state index contributed by atoms with van der Waals surface area (Å²) < 4.78 is 31.4. The van der Waals surface area contributed by atoms with Crippen molar-refractivity contribution in [1.29, 1.82) is 0 Å². The van der Waals surface area contributed by atoms with Crippen molar-refractivity contribution >= 4 is 23.1 Å². The minimum absolute atomic E-state index is 0.197. The molecule has 0 aliphatic carbocycles. The number of nitrogens with one attached hydrogen (secondary N) is 2. The van der Waals surface area contributed by atoms with E-state index in [0.717, 1.165) is 6.07 Å². The van der Waals surface area contributed by atoms with Gasteiger partial charge in [-0.05, 0) is 30.3 Å². The Morgan fingerprint density at radius 3 is 2.38 bits per heavy atom. The lowest BCUT2D eigenvalue weighted by atomic mass is 10.2. The van der Waals surface area contributed by atoms with Gasteiger partial charge in [0.25, 0.3) is 0 Å². The van der Waals surface area contributed by atoms with Crippen molar-refractivity contribution in [1.82, 2.24) is 0 Å². The lowest BCUT2D eigenvalue weighted by Crippen LogP contribution is -2.21. The summed E-state index contributed by atoms with van der Waals surface area (Å²) in [7, 11) is 1.52. The van der Waals surface area contributed by atoms with E-state index in [2.05, 4.69) is 10.6 Å². The molecule has 7 heteroatoms. The number of anilines is 3. The number of hydrogen-bond acceptors (Lipinski definition) is 3. The first-order chi connectivity index (χ1) is 9.99. The van der Waals surface area contributed by atoms with E-state index in [1.165, 1.54) is 7.11 Å². The second-order valence-corrected chi connectivity index (χ2v) is 4.16. The maximum absolute atomic E-state index is 13.5. The molecule has 2 aromatic carbocycles. The number of benzene rings is 2. The molecule has 0 saturated carbocycles. The van der Waals surface area contributed by atoms with Crippen LogP contribution in [0.15, 0.2) is 36.4 Å². The molecule has 0 aliphatic heterocycles. The van der Waals surface area contributed by atoms with Crippen molar-refractivity contribution in [3.63, 3.8) is 0 Å². The van der Waals surface area contributed by atoms with Gasteiger partial charge < -0.3 is 21.1 Å². The molecule has 0 bridgehead atoms. The molecule has 0 radical (unpaired) electrons. The molecule has 0 unspecified atom stereocenters. The molecule has 5 nitrogen and oxygen atoms in total. The van der Waals surface area contributed by atoms with Crippen LogP contribution in [0.1, 0.15) is 0 Å². The van der Waals surface area contributed by atoms with Crippen LogP contribution in [0.25, 0.3) is 0 Å². The largest absolute Gasteiger partial charge is 0.497 e. The molecule has 2 rings (SSSR count). The number of halogens is 2. The Morgan fingerprint density at radius 1 is 1.14 bits per heavy atom. The molecule has 110 valence electrons. The first kappa shape index (κ1) is 14.6. The standard InChI is InChI=1S/C14H13F2N3O2/c1-21-10-4-2-9(3-5-10)18-14(20)19-13-11(16)6-8(15)7-12(13)17/h2-7H,17H2,1H3,(H2,18,19,20). The molecule has 2 aromatic rings. The molecule has 0 heterocycles. The highest BCUT2D eigenvalue weighted by atomic mass is 19.1. The van der Waals surface area contributed by atoms with Gasteiger partial charge in [-0.25, -0.2) is 13.6 Å². The summed E-state index contributed by atoms with van der Waals surface area (Å²) >= 11 is 0. The zero-order valence-electron chi connectivity index (χ0n) is 11.1. The molecule has 0 atom stereocenters. The summed E-state index contributed by atoms with van der Waals surface area (Å²) in [5, 5.41) is 4.72. The summed E-state index contributed by atoms with van der Waals surface area (Å²) in [6, 6.07) is 7.40. The maximum atomic E-state index is 13.5. The Balaban J connectivity index is 2.08. The van der Waals surface area contributed by atoms with Gasteiger partial charge >= 0.3 is 6.03 Å². The second-order valence-electron chi connectivity index (χ2n) is 4.16. The SMILES string of the molecule is COc1ccc(NC(=O)Nc2c(N)cc(F)cc2F)cc1. The number of nitrogens with two attached hydrogens (primary N) is 1. The fourth-order valence-electron chi connectivity index (χ4n) is 1.68. The van der Waals surface area contributed by atoms with E-state index >= 15 is 0 Å². The zero-order chi connectivity index (χ0) is 15.4. The third-order valence-electron chi connectivity index (χ3n) is 2.67. The molecule has 0 saturated heterocycles. The van der Waals surface area contributed by atoms with Crippen LogP contribution in [0.5, 0.6) is 5.75 Å². The fourth-order valence-corrected chi connectivity index (χ4v) is 1.68. The molecule has 2 amide bonds. The van der Waals surface area contributed by atoms with E-state index in [4.69, 9.17) is 10.5 Å². The number of nitrogen functional groups attached to an aromatic ring is 1.